The van der Waals surface area contributed by atoms with Crippen LogP contribution in [-0.4, -0.2) is 37.0 Å². The molecule has 2 aromatic rings. The van der Waals surface area contributed by atoms with Gasteiger partial charge >= 0.3 is 0 Å². The molecule has 1 heterocycles. The molecule has 0 aliphatic carbocycles. The first-order valence-electron chi connectivity index (χ1n) is 9.41. The summed E-state index contributed by atoms with van der Waals surface area (Å²) in [7, 11) is 0. The fourth-order valence-electron chi connectivity index (χ4n) is 3.20. The highest BCUT2D eigenvalue weighted by Crippen LogP contribution is 2.23. The van der Waals surface area contributed by atoms with Crippen LogP contribution in [0.4, 0.5) is 5.69 Å². The summed E-state index contributed by atoms with van der Waals surface area (Å²) in [6, 6.07) is 16.3. The third-order valence-corrected chi connectivity index (χ3v) is 5.23. The van der Waals surface area contributed by atoms with E-state index in [-0.39, 0.29) is 11.3 Å². The predicted octanol–water partition coefficient (Wildman–Crippen LogP) is 5.00. The second kappa shape index (κ2) is 8.18. The summed E-state index contributed by atoms with van der Waals surface area (Å²) < 4.78 is 0. The molecule has 0 radical (unpaired) electrons. The van der Waals surface area contributed by atoms with Gasteiger partial charge in [0.15, 0.2) is 0 Å². The molecule has 1 aliphatic heterocycles. The van der Waals surface area contributed by atoms with Crippen molar-refractivity contribution >= 4 is 29.3 Å². The first-order chi connectivity index (χ1) is 12.8. The van der Waals surface area contributed by atoms with Crippen LogP contribution in [0.15, 0.2) is 54.6 Å². The molecule has 1 aliphatic rings. The van der Waals surface area contributed by atoms with Gasteiger partial charge in [-0.3, -0.25) is 4.79 Å². The molecule has 4 heteroatoms. The van der Waals surface area contributed by atoms with Gasteiger partial charge < -0.3 is 9.80 Å². The Morgan fingerprint density at radius 2 is 1.52 bits per heavy atom. The van der Waals surface area contributed by atoms with Gasteiger partial charge in [-0.15, -0.1) is 0 Å². The highest BCUT2D eigenvalue weighted by molar-refractivity contribution is 6.30. The summed E-state index contributed by atoms with van der Waals surface area (Å²) >= 11 is 5.95. The first-order valence-corrected chi connectivity index (χ1v) is 9.79. The lowest BCUT2D eigenvalue weighted by Gasteiger charge is -2.35. The van der Waals surface area contributed by atoms with E-state index in [1.54, 1.807) is 6.08 Å². The summed E-state index contributed by atoms with van der Waals surface area (Å²) in [5, 5.41) is 0.744. The van der Waals surface area contributed by atoms with Crippen molar-refractivity contribution in [2.24, 2.45) is 0 Å². The Kier molecular flexibility index (Phi) is 5.91. The zero-order chi connectivity index (χ0) is 19.4. The number of piperazine rings is 1. The van der Waals surface area contributed by atoms with Crippen LogP contribution in [-0.2, 0) is 10.2 Å². The van der Waals surface area contributed by atoms with E-state index in [0.717, 1.165) is 42.5 Å². The molecule has 0 N–H and O–H groups in total. The highest BCUT2D eigenvalue weighted by Gasteiger charge is 2.19. The molecule has 27 heavy (non-hydrogen) atoms. The Morgan fingerprint density at radius 1 is 0.926 bits per heavy atom. The van der Waals surface area contributed by atoms with Crippen LogP contribution in [0.3, 0.4) is 0 Å². The maximum atomic E-state index is 12.5. The quantitative estimate of drug-likeness (QED) is 0.697. The topological polar surface area (TPSA) is 23.6 Å². The minimum absolute atomic E-state index is 0.0747. The second-order valence-corrected chi connectivity index (χ2v) is 8.43. The van der Waals surface area contributed by atoms with Crippen molar-refractivity contribution in [2.45, 2.75) is 26.2 Å². The maximum Gasteiger partial charge on any atom is 0.246 e. The number of amides is 1. The number of benzene rings is 2. The van der Waals surface area contributed by atoms with Crippen LogP contribution in [0.1, 0.15) is 31.9 Å². The van der Waals surface area contributed by atoms with Crippen molar-refractivity contribution in [1.82, 2.24) is 4.90 Å². The van der Waals surface area contributed by atoms with E-state index in [1.165, 1.54) is 5.56 Å². The second-order valence-electron chi connectivity index (χ2n) is 7.99. The zero-order valence-corrected chi connectivity index (χ0v) is 17.0. The third-order valence-electron chi connectivity index (χ3n) is 4.98. The van der Waals surface area contributed by atoms with Gasteiger partial charge in [-0.05, 0) is 46.9 Å². The van der Waals surface area contributed by atoms with Crippen LogP contribution >= 0.6 is 11.6 Å². The lowest BCUT2D eigenvalue weighted by molar-refractivity contribution is -0.126. The van der Waals surface area contributed by atoms with Gasteiger partial charge in [0.1, 0.15) is 0 Å². The van der Waals surface area contributed by atoms with Crippen LogP contribution in [0.5, 0.6) is 0 Å². The van der Waals surface area contributed by atoms with E-state index in [4.69, 9.17) is 11.6 Å². The number of anilines is 1. The number of carbonyl (C=O) groups excluding carboxylic acids is 1. The number of halogens is 1. The van der Waals surface area contributed by atoms with Crippen molar-refractivity contribution in [3.63, 3.8) is 0 Å². The molecule has 142 valence electrons. The van der Waals surface area contributed by atoms with E-state index in [0.29, 0.717) is 0 Å². The fourth-order valence-corrected chi connectivity index (χ4v) is 3.33. The van der Waals surface area contributed by atoms with Crippen molar-refractivity contribution in [3.8, 4) is 0 Å². The Hall–Kier alpha value is -2.26. The van der Waals surface area contributed by atoms with Gasteiger partial charge in [0, 0.05) is 43.0 Å². The van der Waals surface area contributed by atoms with Crippen LogP contribution in [0, 0.1) is 0 Å². The Labute approximate surface area is 167 Å². The zero-order valence-electron chi connectivity index (χ0n) is 16.3. The fraction of sp³-hybridized carbons (Fsp3) is 0.348. The molecule has 0 aromatic heterocycles. The number of nitrogens with zero attached hydrogens (tertiary/aromatic N) is 2. The molecule has 1 saturated heterocycles. The SMILES string of the molecule is CC(C)(C)c1ccc(C=CC(=O)N2CCN(c3ccc(Cl)cc3)CC2)cc1. The van der Waals surface area contributed by atoms with Gasteiger partial charge in [0.25, 0.3) is 0 Å². The first kappa shape index (κ1) is 19.5. The molecule has 0 saturated carbocycles. The monoisotopic (exact) mass is 382 g/mol. The standard InChI is InChI=1S/C23H27ClN2O/c1-23(2,3)19-7-4-18(5-8-19)6-13-22(27)26-16-14-25(15-17-26)21-11-9-20(24)10-12-21/h4-13H,14-17H2,1-3H3. The van der Waals surface area contributed by atoms with Crippen LogP contribution in [0.2, 0.25) is 5.02 Å². The van der Waals surface area contributed by atoms with E-state index >= 15 is 0 Å². The summed E-state index contributed by atoms with van der Waals surface area (Å²) in [5.74, 6) is 0.0747. The lowest BCUT2D eigenvalue weighted by atomic mass is 9.87. The molecule has 3 nitrogen and oxygen atoms in total. The lowest BCUT2D eigenvalue weighted by Crippen LogP contribution is -2.48. The smallest absolute Gasteiger partial charge is 0.246 e. The summed E-state index contributed by atoms with van der Waals surface area (Å²) in [4.78, 5) is 16.7. The van der Waals surface area contributed by atoms with Gasteiger partial charge in [-0.1, -0.05) is 56.6 Å². The van der Waals surface area contributed by atoms with Crippen molar-refractivity contribution in [1.29, 1.82) is 0 Å². The van der Waals surface area contributed by atoms with Gasteiger partial charge in [0.2, 0.25) is 5.91 Å². The molecule has 1 amide bonds. The minimum Gasteiger partial charge on any atom is -0.368 e. The molecule has 2 aromatic carbocycles. The summed E-state index contributed by atoms with van der Waals surface area (Å²) in [6.45, 7) is 9.73. The number of carbonyl (C=O) groups is 1. The Morgan fingerprint density at radius 3 is 2.07 bits per heavy atom. The average Bonchev–Trinajstić information content (AvgIpc) is 2.66. The Bertz CT molecular complexity index is 796. The van der Waals surface area contributed by atoms with E-state index in [9.17, 15) is 4.79 Å². The molecule has 3 rings (SSSR count). The molecular formula is C23H27ClN2O. The Balaban J connectivity index is 1.54. The number of hydrogen-bond donors (Lipinski definition) is 0. The van der Waals surface area contributed by atoms with E-state index in [1.807, 2.05) is 35.2 Å². The molecule has 0 bridgehead atoms. The average molecular weight is 383 g/mol. The third kappa shape index (κ3) is 5.14. The van der Waals surface area contributed by atoms with E-state index < -0.39 is 0 Å². The molecular weight excluding hydrogens is 356 g/mol. The van der Waals surface area contributed by atoms with E-state index in [2.05, 4.69) is 49.9 Å². The van der Waals surface area contributed by atoms with Crippen molar-refractivity contribution < 1.29 is 4.79 Å². The number of rotatable bonds is 3. The number of hydrogen-bond acceptors (Lipinski definition) is 2. The largest absolute Gasteiger partial charge is 0.368 e. The van der Waals surface area contributed by atoms with Gasteiger partial charge in [0.05, 0.1) is 0 Å². The molecule has 0 spiro atoms. The predicted molar refractivity (Wildman–Crippen MR) is 114 cm³/mol. The van der Waals surface area contributed by atoms with Crippen LogP contribution in [0.25, 0.3) is 6.08 Å². The molecule has 1 fully saturated rings. The minimum atomic E-state index is 0.0747. The molecule has 0 atom stereocenters. The summed E-state index contributed by atoms with van der Waals surface area (Å²) in [6.07, 6.45) is 3.59. The van der Waals surface area contributed by atoms with Crippen LogP contribution < -0.4 is 4.90 Å². The molecule has 0 unspecified atom stereocenters. The highest BCUT2D eigenvalue weighted by atomic mass is 35.5. The normalized spacial score (nSPS) is 15.4. The summed E-state index contributed by atoms with van der Waals surface area (Å²) in [5.41, 5.74) is 3.64. The maximum absolute atomic E-state index is 12.5. The van der Waals surface area contributed by atoms with Crippen molar-refractivity contribution in [2.75, 3.05) is 31.1 Å². The van der Waals surface area contributed by atoms with Gasteiger partial charge in [-0.25, -0.2) is 0 Å². The van der Waals surface area contributed by atoms with Crippen molar-refractivity contribution in [3.05, 3.63) is 70.8 Å². The van der Waals surface area contributed by atoms with Gasteiger partial charge in [-0.2, -0.15) is 0 Å².